The Labute approximate surface area is 221 Å². The summed E-state index contributed by atoms with van der Waals surface area (Å²) in [5.74, 6) is -0.314. The van der Waals surface area contributed by atoms with Gasteiger partial charge in [-0.25, -0.2) is 0 Å². The molecule has 6 nitrogen and oxygen atoms in total. The number of thioether (sulfide) groups is 1. The van der Waals surface area contributed by atoms with Crippen molar-refractivity contribution in [1.82, 2.24) is 4.98 Å². The molecule has 2 aliphatic heterocycles. The zero-order valence-corrected chi connectivity index (χ0v) is 22.1. The number of nitrogens with one attached hydrogen (secondary N) is 1. The van der Waals surface area contributed by atoms with E-state index in [2.05, 4.69) is 34.1 Å². The number of fused-ring (bicyclic) bond motifs is 9. The van der Waals surface area contributed by atoms with Crippen molar-refractivity contribution in [3.05, 3.63) is 73.7 Å². The topological polar surface area (TPSA) is 73.5 Å². The van der Waals surface area contributed by atoms with Crippen molar-refractivity contribution in [2.75, 3.05) is 23.9 Å². The van der Waals surface area contributed by atoms with Crippen LogP contribution in [0, 0.1) is 29.6 Å². The van der Waals surface area contributed by atoms with E-state index in [0.717, 1.165) is 22.0 Å². The molecule has 9 heteroatoms. The van der Waals surface area contributed by atoms with Gasteiger partial charge in [0.05, 0.1) is 22.5 Å². The molecule has 0 spiro atoms. The van der Waals surface area contributed by atoms with Gasteiger partial charge in [-0.15, -0.1) is 11.8 Å². The lowest BCUT2D eigenvalue weighted by atomic mass is 9.68. The Balaban J connectivity index is 1.31. The van der Waals surface area contributed by atoms with Crippen LogP contribution in [0.3, 0.4) is 0 Å². The number of aromatic amines is 1. The first-order chi connectivity index (χ1) is 17.3. The van der Waals surface area contributed by atoms with Gasteiger partial charge in [-0.3, -0.25) is 19.3 Å². The van der Waals surface area contributed by atoms with Gasteiger partial charge in [0.15, 0.2) is 0 Å². The summed E-state index contributed by atoms with van der Waals surface area (Å²) >= 11 is 9.06. The van der Waals surface area contributed by atoms with E-state index in [1.165, 1.54) is 21.8 Å². The summed E-state index contributed by atoms with van der Waals surface area (Å²) in [4.78, 5) is 47.4. The van der Waals surface area contributed by atoms with Gasteiger partial charge in [-0.05, 0) is 66.1 Å². The second-order valence-electron chi connectivity index (χ2n) is 10.4. The number of halogens is 1. The number of amides is 2. The smallest absolute Gasteiger partial charge is 0.305 e. The van der Waals surface area contributed by atoms with E-state index in [4.69, 9.17) is 11.6 Å². The maximum atomic E-state index is 13.8. The lowest BCUT2D eigenvalue weighted by Crippen LogP contribution is -2.42. The number of imide groups is 1. The number of carbonyl (C=O) groups excluding carboxylic acids is 2. The summed E-state index contributed by atoms with van der Waals surface area (Å²) < 4.78 is 0. The van der Waals surface area contributed by atoms with Gasteiger partial charge < -0.3 is 9.88 Å². The lowest BCUT2D eigenvalue weighted by molar-refractivity contribution is -0.123. The molecule has 2 amide bonds. The summed E-state index contributed by atoms with van der Waals surface area (Å²) in [6, 6.07) is 15.5. The molecule has 4 aliphatic rings. The number of benzene rings is 2. The van der Waals surface area contributed by atoms with E-state index in [1.54, 1.807) is 36.0 Å². The summed E-state index contributed by atoms with van der Waals surface area (Å²) in [5.41, 5.74) is 2.88. The Bertz CT molecular complexity index is 1450. The molecule has 7 atom stereocenters. The molecule has 3 heterocycles. The van der Waals surface area contributed by atoms with Gasteiger partial charge in [0, 0.05) is 40.9 Å². The van der Waals surface area contributed by atoms with E-state index in [1.807, 2.05) is 14.1 Å². The molecule has 3 aromatic rings. The summed E-state index contributed by atoms with van der Waals surface area (Å²) in [7, 11) is 4.03. The van der Waals surface area contributed by atoms with Gasteiger partial charge >= 0.3 is 4.87 Å². The number of H-pyrrole nitrogens is 1. The van der Waals surface area contributed by atoms with Crippen molar-refractivity contribution in [3.63, 3.8) is 0 Å². The third kappa shape index (κ3) is 3.07. The number of anilines is 2. The molecular formula is C27H24ClN3O3S2. The standard InChI is InChI=1S/C27H24ClN3O3S2/c1-30(2)14-7-3-12(4-8-14)18-19-16-11-17(22(19)35-24-23(18)36-27(34)29-24)21-20(16)25(32)31(26(21)33)15-9-5-13(28)6-10-15/h3-10,16-22H,11H2,1-2H3,(H,29,34)/t16?,17?,18-,19?,20?,21?,22?/m1/s1. The molecule has 1 saturated heterocycles. The number of aromatic nitrogens is 1. The zero-order valence-electron chi connectivity index (χ0n) is 19.7. The van der Waals surface area contributed by atoms with Crippen LogP contribution in [0.4, 0.5) is 11.4 Å². The van der Waals surface area contributed by atoms with Crippen molar-refractivity contribution in [3.8, 4) is 0 Å². The highest BCUT2D eigenvalue weighted by molar-refractivity contribution is 8.00. The van der Waals surface area contributed by atoms with Gasteiger partial charge in [0.1, 0.15) is 0 Å². The first-order valence-corrected chi connectivity index (χ1v) is 14.2. The Morgan fingerprint density at radius 2 is 1.61 bits per heavy atom. The number of rotatable bonds is 3. The average molecular weight is 538 g/mol. The molecule has 2 bridgehead atoms. The maximum Gasteiger partial charge on any atom is 0.305 e. The van der Waals surface area contributed by atoms with E-state index in [-0.39, 0.29) is 57.4 Å². The van der Waals surface area contributed by atoms with Gasteiger partial charge in [0.25, 0.3) is 0 Å². The van der Waals surface area contributed by atoms with E-state index < -0.39 is 0 Å². The SMILES string of the molecule is CN(C)c1ccc([C@H]2c3sc(=O)[nH]c3SC3C4CC(C5C(=O)N(c6ccc(Cl)cc6)C(=O)C45)C32)cc1. The minimum Gasteiger partial charge on any atom is -0.378 e. The molecule has 2 saturated carbocycles. The number of nitrogens with zero attached hydrogens (tertiary/aromatic N) is 2. The Kier molecular flexibility index (Phi) is 5.01. The Hall–Kier alpha value is -2.55. The fraction of sp³-hybridized carbons (Fsp3) is 0.370. The van der Waals surface area contributed by atoms with Gasteiger partial charge in [-0.2, -0.15) is 0 Å². The Morgan fingerprint density at radius 3 is 2.28 bits per heavy atom. The number of thiazole rings is 1. The van der Waals surface area contributed by atoms with Crippen LogP contribution >= 0.6 is 34.7 Å². The molecule has 1 N–H and O–H groups in total. The zero-order chi connectivity index (χ0) is 24.9. The number of hydrogen-bond donors (Lipinski definition) is 1. The highest BCUT2D eigenvalue weighted by Gasteiger charge is 2.69. The lowest BCUT2D eigenvalue weighted by Gasteiger charge is -2.43. The molecule has 2 aromatic carbocycles. The predicted molar refractivity (Wildman–Crippen MR) is 143 cm³/mol. The molecule has 0 radical (unpaired) electrons. The summed E-state index contributed by atoms with van der Waals surface area (Å²) in [5, 5.41) is 1.70. The van der Waals surface area contributed by atoms with Crippen molar-refractivity contribution >= 4 is 57.9 Å². The fourth-order valence-electron chi connectivity index (χ4n) is 7.21. The second kappa shape index (κ2) is 7.97. The van der Waals surface area contributed by atoms with Crippen LogP contribution in [0.2, 0.25) is 5.02 Å². The predicted octanol–water partition coefficient (Wildman–Crippen LogP) is 4.83. The van der Waals surface area contributed by atoms with Crippen LogP contribution in [0.5, 0.6) is 0 Å². The van der Waals surface area contributed by atoms with Gasteiger partial charge in [0.2, 0.25) is 11.8 Å². The van der Waals surface area contributed by atoms with Crippen LogP contribution < -0.4 is 14.7 Å². The van der Waals surface area contributed by atoms with Crippen LogP contribution in [-0.4, -0.2) is 36.1 Å². The summed E-state index contributed by atoms with van der Waals surface area (Å²) in [6.07, 6.45) is 0.884. The number of carbonyl (C=O) groups is 2. The molecule has 7 rings (SSSR count). The molecule has 36 heavy (non-hydrogen) atoms. The highest BCUT2D eigenvalue weighted by atomic mass is 35.5. The van der Waals surface area contributed by atoms with Crippen molar-refractivity contribution in [2.24, 2.45) is 29.6 Å². The van der Waals surface area contributed by atoms with Crippen LogP contribution in [0.1, 0.15) is 22.8 Å². The van der Waals surface area contributed by atoms with Gasteiger partial charge in [-0.1, -0.05) is 35.1 Å². The average Bonchev–Trinajstić information content (AvgIpc) is 3.59. The quantitative estimate of drug-likeness (QED) is 0.484. The molecule has 3 fully saturated rings. The van der Waals surface area contributed by atoms with Crippen molar-refractivity contribution in [2.45, 2.75) is 22.6 Å². The molecule has 6 unspecified atom stereocenters. The highest BCUT2D eigenvalue weighted by Crippen LogP contribution is 2.68. The van der Waals surface area contributed by atoms with E-state index >= 15 is 0 Å². The van der Waals surface area contributed by atoms with Crippen molar-refractivity contribution < 1.29 is 9.59 Å². The normalized spacial score (nSPS) is 32.0. The fourth-order valence-corrected chi connectivity index (χ4v) is 10.2. The minimum absolute atomic E-state index is 0.0369. The first kappa shape index (κ1) is 22.6. The minimum atomic E-state index is -0.305. The van der Waals surface area contributed by atoms with Crippen LogP contribution in [0.25, 0.3) is 0 Å². The van der Waals surface area contributed by atoms with Crippen LogP contribution in [-0.2, 0) is 9.59 Å². The molecule has 1 aromatic heterocycles. The number of hydrogen-bond acceptors (Lipinski definition) is 6. The second-order valence-corrected chi connectivity index (χ2v) is 13.1. The first-order valence-electron chi connectivity index (χ1n) is 12.1. The Morgan fingerprint density at radius 1 is 0.944 bits per heavy atom. The molecular weight excluding hydrogens is 514 g/mol. The van der Waals surface area contributed by atoms with Crippen molar-refractivity contribution in [1.29, 1.82) is 0 Å². The third-order valence-electron chi connectivity index (χ3n) is 8.58. The molecule has 2 aliphatic carbocycles. The maximum absolute atomic E-state index is 13.8. The monoisotopic (exact) mass is 537 g/mol. The van der Waals surface area contributed by atoms with E-state index in [9.17, 15) is 14.4 Å². The van der Waals surface area contributed by atoms with E-state index in [0.29, 0.717) is 10.7 Å². The largest absolute Gasteiger partial charge is 0.378 e. The third-order valence-corrected chi connectivity index (χ3v) is 11.4. The van der Waals surface area contributed by atoms with Crippen LogP contribution in [0.15, 0.2) is 58.4 Å². The summed E-state index contributed by atoms with van der Waals surface area (Å²) in [6.45, 7) is 0. The molecule has 184 valence electrons.